The van der Waals surface area contributed by atoms with Crippen LogP contribution in [0.3, 0.4) is 0 Å². The van der Waals surface area contributed by atoms with Crippen LogP contribution in [0.15, 0.2) is 33.7 Å². The van der Waals surface area contributed by atoms with E-state index in [-0.39, 0.29) is 0 Å². The second kappa shape index (κ2) is 6.23. The molecule has 1 aliphatic rings. The number of hydrogen-bond acceptors (Lipinski definition) is 1. The van der Waals surface area contributed by atoms with Gasteiger partial charge in [-0.3, -0.25) is 0 Å². The first-order valence-corrected chi connectivity index (χ1v) is 7.24. The minimum atomic E-state index is 0.637. The summed E-state index contributed by atoms with van der Waals surface area (Å²) in [6.45, 7) is 4.98. The Bertz CT molecular complexity index is 431. The summed E-state index contributed by atoms with van der Waals surface area (Å²) in [6, 6.07) is 8.13. The molecule has 1 fully saturated rings. The highest BCUT2D eigenvalue weighted by molar-refractivity contribution is 9.10. The maximum atomic E-state index is 6.07. The molecule has 2 N–H and O–H groups in total. The first kappa shape index (κ1) is 13.4. The molecule has 1 saturated heterocycles. The average molecular weight is 310 g/mol. The standard InChI is InChI=1S/C14H20BrN3/c1-11-5-4-8-18(10-11)14(16)17-9-12-6-2-3-7-13(12)15/h2-3,6-7,11H,4-5,8-10H2,1H3,(H2,16,17). The van der Waals surface area contributed by atoms with Crippen molar-refractivity contribution in [1.82, 2.24) is 4.90 Å². The van der Waals surface area contributed by atoms with Gasteiger partial charge in [0.1, 0.15) is 0 Å². The third kappa shape index (κ3) is 3.48. The van der Waals surface area contributed by atoms with E-state index in [4.69, 9.17) is 5.73 Å². The molecule has 3 nitrogen and oxygen atoms in total. The van der Waals surface area contributed by atoms with Gasteiger partial charge >= 0.3 is 0 Å². The van der Waals surface area contributed by atoms with Crippen molar-refractivity contribution in [3.63, 3.8) is 0 Å². The molecular weight excluding hydrogens is 290 g/mol. The Balaban J connectivity index is 1.98. The van der Waals surface area contributed by atoms with E-state index in [0.717, 1.165) is 23.5 Å². The van der Waals surface area contributed by atoms with Crippen LogP contribution < -0.4 is 5.73 Å². The molecule has 0 spiro atoms. The molecule has 1 aromatic rings. The summed E-state index contributed by atoms with van der Waals surface area (Å²) in [4.78, 5) is 6.70. The Morgan fingerprint density at radius 2 is 2.28 bits per heavy atom. The van der Waals surface area contributed by atoms with Crippen molar-refractivity contribution in [2.75, 3.05) is 13.1 Å². The highest BCUT2D eigenvalue weighted by atomic mass is 79.9. The molecule has 1 unspecified atom stereocenters. The maximum Gasteiger partial charge on any atom is 0.191 e. The third-order valence-electron chi connectivity index (χ3n) is 3.35. The Morgan fingerprint density at radius 1 is 1.50 bits per heavy atom. The molecule has 4 heteroatoms. The number of rotatable bonds is 2. The minimum Gasteiger partial charge on any atom is -0.370 e. The Labute approximate surface area is 117 Å². The molecule has 0 amide bonds. The van der Waals surface area contributed by atoms with Crippen molar-refractivity contribution >= 4 is 21.9 Å². The van der Waals surface area contributed by atoms with Gasteiger partial charge in [0.15, 0.2) is 5.96 Å². The van der Waals surface area contributed by atoms with E-state index in [1.165, 1.54) is 18.4 Å². The number of benzene rings is 1. The second-order valence-electron chi connectivity index (χ2n) is 4.96. The quantitative estimate of drug-likeness (QED) is 0.674. The van der Waals surface area contributed by atoms with E-state index in [0.29, 0.717) is 12.5 Å². The lowest BCUT2D eigenvalue weighted by Crippen LogP contribution is -2.43. The first-order chi connectivity index (χ1) is 8.66. The highest BCUT2D eigenvalue weighted by Gasteiger charge is 2.17. The zero-order valence-corrected chi connectivity index (χ0v) is 12.4. The summed E-state index contributed by atoms with van der Waals surface area (Å²) < 4.78 is 1.09. The maximum absolute atomic E-state index is 6.07. The fraction of sp³-hybridized carbons (Fsp3) is 0.500. The lowest BCUT2D eigenvalue weighted by Gasteiger charge is -2.31. The second-order valence-corrected chi connectivity index (χ2v) is 5.81. The summed E-state index contributed by atoms with van der Waals surface area (Å²) in [5, 5.41) is 0. The molecule has 0 aliphatic carbocycles. The Hall–Kier alpha value is -1.03. The third-order valence-corrected chi connectivity index (χ3v) is 4.12. The number of hydrogen-bond donors (Lipinski definition) is 1. The topological polar surface area (TPSA) is 41.6 Å². The molecule has 0 bridgehead atoms. The van der Waals surface area contributed by atoms with Crippen molar-refractivity contribution in [1.29, 1.82) is 0 Å². The predicted molar refractivity (Wildman–Crippen MR) is 79.4 cm³/mol. The van der Waals surface area contributed by atoms with E-state index >= 15 is 0 Å². The zero-order chi connectivity index (χ0) is 13.0. The van der Waals surface area contributed by atoms with Crippen LogP contribution in [-0.2, 0) is 6.54 Å². The van der Waals surface area contributed by atoms with E-state index in [1.807, 2.05) is 18.2 Å². The van der Waals surface area contributed by atoms with Crippen LogP contribution in [0.2, 0.25) is 0 Å². The average Bonchev–Trinajstić information content (AvgIpc) is 2.37. The van der Waals surface area contributed by atoms with Crippen LogP contribution >= 0.6 is 15.9 Å². The van der Waals surface area contributed by atoms with Crippen LogP contribution in [0.1, 0.15) is 25.3 Å². The number of likely N-dealkylation sites (tertiary alicyclic amines) is 1. The fourth-order valence-corrected chi connectivity index (χ4v) is 2.70. The molecule has 0 radical (unpaired) electrons. The number of nitrogens with zero attached hydrogens (tertiary/aromatic N) is 2. The van der Waals surface area contributed by atoms with Gasteiger partial charge in [-0.1, -0.05) is 41.1 Å². The van der Waals surface area contributed by atoms with Crippen molar-refractivity contribution < 1.29 is 0 Å². The van der Waals surface area contributed by atoms with Crippen molar-refractivity contribution in [3.8, 4) is 0 Å². The normalized spacial score (nSPS) is 21.1. The minimum absolute atomic E-state index is 0.637. The number of guanidine groups is 1. The van der Waals surface area contributed by atoms with Crippen LogP contribution in [0.25, 0.3) is 0 Å². The van der Waals surface area contributed by atoms with Gasteiger partial charge in [0.25, 0.3) is 0 Å². The van der Waals surface area contributed by atoms with E-state index < -0.39 is 0 Å². The van der Waals surface area contributed by atoms with Gasteiger partial charge in [-0.05, 0) is 30.4 Å². The molecule has 1 atom stereocenters. The molecular formula is C14H20BrN3. The number of piperidine rings is 1. The van der Waals surface area contributed by atoms with E-state index in [2.05, 4.69) is 38.8 Å². The largest absolute Gasteiger partial charge is 0.370 e. The molecule has 98 valence electrons. The fourth-order valence-electron chi connectivity index (χ4n) is 2.29. The smallest absolute Gasteiger partial charge is 0.191 e. The molecule has 0 saturated carbocycles. The SMILES string of the molecule is CC1CCCN(C(N)=NCc2ccccc2Br)C1. The van der Waals surface area contributed by atoms with Gasteiger partial charge in [-0.2, -0.15) is 0 Å². The monoisotopic (exact) mass is 309 g/mol. The van der Waals surface area contributed by atoms with Crippen LogP contribution in [0.5, 0.6) is 0 Å². The van der Waals surface area contributed by atoms with Crippen LogP contribution in [0, 0.1) is 5.92 Å². The summed E-state index contributed by atoms with van der Waals surface area (Å²) in [5.41, 5.74) is 7.24. The van der Waals surface area contributed by atoms with E-state index in [1.54, 1.807) is 0 Å². The molecule has 1 aromatic carbocycles. The summed E-state index contributed by atoms with van der Waals surface area (Å²) in [7, 11) is 0. The lowest BCUT2D eigenvalue weighted by molar-refractivity contribution is 0.270. The number of nitrogens with two attached hydrogens (primary N) is 1. The molecule has 1 heterocycles. The lowest BCUT2D eigenvalue weighted by atomic mass is 10.0. The van der Waals surface area contributed by atoms with Gasteiger partial charge in [-0.25, -0.2) is 4.99 Å². The van der Waals surface area contributed by atoms with Gasteiger partial charge in [-0.15, -0.1) is 0 Å². The van der Waals surface area contributed by atoms with Crippen molar-refractivity contribution in [2.24, 2.45) is 16.6 Å². The van der Waals surface area contributed by atoms with Crippen LogP contribution in [0.4, 0.5) is 0 Å². The Morgan fingerprint density at radius 3 is 3.00 bits per heavy atom. The summed E-state index contributed by atoms with van der Waals surface area (Å²) in [6.07, 6.45) is 2.51. The molecule has 2 rings (SSSR count). The van der Waals surface area contributed by atoms with Crippen LogP contribution in [-0.4, -0.2) is 23.9 Å². The zero-order valence-electron chi connectivity index (χ0n) is 10.8. The summed E-state index contributed by atoms with van der Waals surface area (Å²) >= 11 is 3.53. The first-order valence-electron chi connectivity index (χ1n) is 6.45. The summed E-state index contributed by atoms with van der Waals surface area (Å²) in [5.74, 6) is 1.40. The highest BCUT2D eigenvalue weighted by Crippen LogP contribution is 2.18. The van der Waals surface area contributed by atoms with E-state index in [9.17, 15) is 0 Å². The van der Waals surface area contributed by atoms with Gasteiger partial charge in [0, 0.05) is 17.6 Å². The predicted octanol–water partition coefficient (Wildman–Crippen LogP) is 3.00. The Kier molecular flexibility index (Phi) is 4.64. The van der Waals surface area contributed by atoms with Gasteiger partial charge < -0.3 is 10.6 Å². The number of aliphatic imine (C=N–C) groups is 1. The van der Waals surface area contributed by atoms with Gasteiger partial charge in [0.05, 0.1) is 6.54 Å². The molecule has 18 heavy (non-hydrogen) atoms. The van der Waals surface area contributed by atoms with Gasteiger partial charge in [0.2, 0.25) is 0 Å². The molecule has 1 aliphatic heterocycles. The van der Waals surface area contributed by atoms with Crippen molar-refractivity contribution in [3.05, 3.63) is 34.3 Å². The number of halogens is 1. The van der Waals surface area contributed by atoms with Crippen molar-refractivity contribution in [2.45, 2.75) is 26.3 Å². The molecule has 0 aromatic heterocycles.